The Kier molecular flexibility index (Phi) is 21.1. The number of anilines is 4. The van der Waals surface area contributed by atoms with Crippen molar-refractivity contribution in [2.24, 2.45) is 5.73 Å². The first-order chi connectivity index (χ1) is 33.7. The number of carbonyl (C=O) groups excluding carboxylic acids is 4. The molecule has 0 radical (unpaired) electrons. The van der Waals surface area contributed by atoms with Gasteiger partial charge in [-0.05, 0) is 85.8 Å². The van der Waals surface area contributed by atoms with E-state index in [2.05, 4.69) is 12.2 Å². The maximum atomic E-state index is 15.0. The van der Waals surface area contributed by atoms with Gasteiger partial charge in [0.2, 0.25) is 0 Å². The molecule has 0 spiro atoms. The molecular weight excluding hydrogens is 955 g/mol. The average molecular weight is 1020 g/mol. The number of nitrogens with one attached hydrogen (secondary N) is 1. The fourth-order valence-corrected chi connectivity index (χ4v) is 7.77. The molecule has 0 saturated carbocycles. The summed E-state index contributed by atoms with van der Waals surface area (Å²) in [6, 6.07) is 27.8. The van der Waals surface area contributed by atoms with Gasteiger partial charge >= 0.3 is 12.2 Å². The first-order valence-corrected chi connectivity index (χ1v) is 23.9. The number of thiocarbonyl (C=S) groups is 2. The van der Waals surface area contributed by atoms with Crippen LogP contribution < -0.4 is 40.1 Å². The minimum Gasteiger partial charge on any atom is -0.484 e. The molecule has 4 amide bonds. The lowest BCUT2D eigenvalue weighted by Gasteiger charge is -2.36. The number of cyclic esters (lactones) is 2. The van der Waals surface area contributed by atoms with Crippen LogP contribution in [0.3, 0.4) is 0 Å². The van der Waals surface area contributed by atoms with Gasteiger partial charge in [0.25, 0.3) is 11.8 Å². The number of nitrogens with zero attached hydrogens (tertiary/aromatic N) is 6. The summed E-state index contributed by atoms with van der Waals surface area (Å²) in [7, 11) is 0. The number of carbonyl (C=O) groups is 4. The maximum absolute atomic E-state index is 15.0. The smallest absolute Gasteiger partial charge is 0.414 e. The lowest BCUT2D eigenvalue weighted by molar-refractivity contribution is -0.134. The van der Waals surface area contributed by atoms with Gasteiger partial charge in [0, 0.05) is 58.9 Å². The van der Waals surface area contributed by atoms with Crippen molar-refractivity contribution >= 4 is 81.0 Å². The fourth-order valence-electron chi connectivity index (χ4n) is 7.69. The van der Waals surface area contributed by atoms with Crippen molar-refractivity contribution in [1.29, 1.82) is 0 Å². The number of hydrogen-bond donors (Lipinski definition) is 2. The summed E-state index contributed by atoms with van der Waals surface area (Å²) in [5.41, 5.74) is 7.32. The van der Waals surface area contributed by atoms with Gasteiger partial charge < -0.3 is 49.6 Å². The van der Waals surface area contributed by atoms with Crippen molar-refractivity contribution in [3.05, 3.63) is 109 Å². The van der Waals surface area contributed by atoms with E-state index in [0.29, 0.717) is 111 Å². The van der Waals surface area contributed by atoms with Crippen molar-refractivity contribution in [2.75, 3.05) is 111 Å². The minimum absolute atomic E-state index is 0. The van der Waals surface area contributed by atoms with Crippen molar-refractivity contribution < 1.29 is 46.9 Å². The van der Waals surface area contributed by atoms with E-state index in [1.54, 1.807) is 65.3 Å². The van der Waals surface area contributed by atoms with Crippen LogP contribution in [0.4, 0.5) is 41.1 Å². The average Bonchev–Trinajstić information content (AvgIpc) is 3.96. The number of ether oxygens (including phenoxy) is 4. The fraction of sp³-hybridized carbons (Fsp3) is 0.412. The molecule has 0 bridgehead atoms. The zero-order valence-corrected chi connectivity index (χ0v) is 41.2. The highest BCUT2D eigenvalue weighted by Gasteiger charge is 2.34. The molecule has 4 aliphatic rings. The van der Waals surface area contributed by atoms with Gasteiger partial charge in [-0.2, -0.15) is 0 Å². The topological polar surface area (TPSA) is 163 Å². The third kappa shape index (κ3) is 15.9. The van der Waals surface area contributed by atoms with Crippen molar-refractivity contribution in [3.8, 4) is 11.5 Å². The summed E-state index contributed by atoms with van der Waals surface area (Å²) in [6.45, 7) is 10.9. The predicted molar refractivity (Wildman–Crippen MR) is 280 cm³/mol. The Morgan fingerprint density at radius 3 is 1.41 bits per heavy atom. The highest BCUT2D eigenvalue weighted by molar-refractivity contribution is 7.80. The Morgan fingerprint density at radius 1 is 0.662 bits per heavy atom. The number of benzene rings is 4. The van der Waals surface area contributed by atoms with E-state index >= 15 is 0 Å². The number of halogens is 2. The monoisotopic (exact) mass is 1020 g/mol. The highest BCUT2D eigenvalue weighted by atomic mass is 32.1. The molecule has 4 aromatic rings. The standard InChI is InChI=1S/C24H27FN4O4S.C22H25FN4O4.C4H8S.CH4/c1-17(34)26-14-20-15-29(24(31)33-20)18-7-8-22(21(25)13-18)27-9-11-28(12-10-27)23(30)16-32-19-5-3-2-4-6-19;23-19-12-16(27-14-18(13-24)31-22(27)29)6-7-20(19)25-8-10-26(11-9-25)21(28)15-30-17-4-2-1-3-5-17;1-3-4(2)5;/h2-8,13,20H,9-12,14-16H2,1H3,(H,26,34);1-7,12,18H,8-11,13-15,24H2;3H2,1-2H3;1H4/t20-;18-;;/m00../s1. The minimum atomic E-state index is -0.521. The first kappa shape index (κ1) is 55.3. The molecule has 4 aliphatic heterocycles. The van der Waals surface area contributed by atoms with E-state index in [9.17, 15) is 28.0 Å². The second-order valence-electron chi connectivity index (χ2n) is 16.7. The zero-order valence-electron chi connectivity index (χ0n) is 39.6. The Labute approximate surface area is 425 Å². The normalized spacial score (nSPS) is 17.4. The summed E-state index contributed by atoms with van der Waals surface area (Å²) in [6.07, 6.45) is -0.732. The number of nitrogens with two attached hydrogens (primary N) is 1. The number of piperazine rings is 2. The van der Waals surface area contributed by atoms with Gasteiger partial charge in [0.1, 0.15) is 35.3 Å². The summed E-state index contributed by atoms with van der Waals surface area (Å²) in [5.74, 6) is 0.259. The molecule has 0 aliphatic carbocycles. The van der Waals surface area contributed by atoms with Crippen molar-refractivity contribution in [2.45, 2.75) is 46.8 Å². The molecule has 4 heterocycles. The quantitative estimate of drug-likeness (QED) is 0.123. The number of hydrogen-bond acceptors (Lipinski definition) is 13. The molecule has 16 nitrogen and oxygen atoms in total. The van der Waals surface area contributed by atoms with Crippen LogP contribution in [0.15, 0.2) is 97.1 Å². The zero-order chi connectivity index (χ0) is 50.2. The van der Waals surface area contributed by atoms with Gasteiger partial charge in [-0.1, -0.05) is 75.2 Å². The Bertz CT molecular complexity index is 2430. The SMILES string of the molecule is C.CC(=S)NC[C@H]1CN(c2ccc(N3CCN(C(=O)COc4ccccc4)CC3)c(F)c2)C(=O)O1.CCC(C)=S.NC[C@H]1CN(c2ccc(N3CCN(C(=O)COc4ccccc4)CC3)c(F)c2)C(=O)O1. The third-order valence-corrected chi connectivity index (χ3v) is 12.2. The predicted octanol–water partition coefficient (Wildman–Crippen LogP) is 7.07. The molecular formula is C51H64F2N8O8S2. The Morgan fingerprint density at radius 2 is 1.06 bits per heavy atom. The molecule has 0 aromatic heterocycles. The third-order valence-electron chi connectivity index (χ3n) is 11.7. The van der Waals surface area contributed by atoms with Crippen LogP contribution in [0, 0.1) is 11.6 Å². The molecule has 4 aromatic carbocycles. The molecule has 71 heavy (non-hydrogen) atoms. The van der Waals surface area contributed by atoms with E-state index in [1.165, 1.54) is 21.9 Å². The number of rotatable bonds is 14. The molecule has 4 fully saturated rings. The molecule has 3 N–H and O–H groups in total. The highest BCUT2D eigenvalue weighted by Crippen LogP contribution is 2.30. The van der Waals surface area contributed by atoms with Gasteiger partial charge in [-0.25, -0.2) is 18.4 Å². The van der Waals surface area contributed by atoms with E-state index < -0.39 is 23.8 Å². The largest absolute Gasteiger partial charge is 0.484 e. The van der Waals surface area contributed by atoms with Gasteiger partial charge in [0.05, 0.1) is 47.4 Å². The molecule has 0 unspecified atom stereocenters. The van der Waals surface area contributed by atoms with E-state index in [4.69, 9.17) is 49.1 Å². The number of para-hydroxylation sites is 2. The van der Waals surface area contributed by atoms with Crippen LogP contribution in [0.1, 0.15) is 34.6 Å². The molecule has 20 heteroatoms. The molecule has 2 atom stereocenters. The van der Waals surface area contributed by atoms with Crippen molar-refractivity contribution in [1.82, 2.24) is 15.1 Å². The van der Waals surface area contributed by atoms with Gasteiger partial charge in [0.15, 0.2) is 13.2 Å². The molecule has 8 rings (SSSR count). The summed E-state index contributed by atoms with van der Waals surface area (Å²) in [5, 5.41) is 2.98. The van der Waals surface area contributed by atoms with Crippen LogP contribution in [0.5, 0.6) is 11.5 Å². The van der Waals surface area contributed by atoms with Gasteiger partial charge in [-0.15, -0.1) is 0 Å². The van der Waals surface area contributed by atoms with Crippen molar-refractivity contribution in [3.63, 3.8) is 0 Å². The second-order valence-corrected chi connectivity index (χ2v) is 18.0. The van der Waals surface area contributed by atoms with Crippen LogP contribution in [0.2, 0.25) is 0 Å². The van der Waals surface area contributed by atoms with E-state index in [-0.39, 0.29) is 51.2 Å². The van der Waals surface area contributed by atoms with Crippen LogP contribution in [-0.4, -0.2) is 148 Å². The lowest BCUT2D eigenvalue weighted by Crippen LogP contribution is -2.50. The van der Waals surface area contributed by atoms with Crippen LogP contribution >= 0.6 is 24.4 Å². The van der Waals surface area contributed by atoms with Crippen LogP contribution in [-0.2, 0) is 19.1 Å². The summed E-state index contributed by atoms with van der Waals surface area (Å²) >= 11 is 9.68. The summed E-state index contributed by atoms with van der Waals surface area (Å²) < 4.78 is 51.3. The van der Waals surface area contributed by atoms with Crippen LogP contribution in [0.25, 0.3) is 0 Å². The maximum Gasteiger partial charge on any atom is 0.414 e. The molecule has 382 valence electrons. The van der Waals surface area contributed by atoms with E-state index in [1.807, 2.05) is 53.1 Å². The lowest BCUT2D eigenvalue weighted by atomic mass is 10.2. The molecule has 4 saturated heterocycles. The second kappa shape index (κ2) is 27.1. The van der Waals surface area contributed by atoms with E-state index in [0.717, 1.165) is 11.3 Å². The Balaban J connectivity index is 0.000000239. The summed E-state index contributed by atoms with van der Waals surface area (Å²) in [4.78, 5) is 60.8. The number of amides is 4. The van der Waals surface area contributed by atoms with Gasteiger partial charge in [-0.3, -0.25) is 19.4 Å². The Hall–Kier alpha value is -6.64. The first-order valence-electron chi connectivity index (χ1n) is 23.1.